The summed E-state index contributed by atoms with van der Waals surface area (Å²) in [6.45, 7) is 0. The number of hydrogen-bond acceptors (Lipinski definition) is 3. The van der Waals surface area contributed by atoms with E-state index in [1.807, 2.05) is 18.2 Å². The maximum Gasteiger partial charge on any atom is 0.0973 e. The summed E-state index contributed by atoms with van der Waals surface area (Å²) in [7, 11) is 0. The molecule has 0 N–H and O–H groups in total. The number of fused-ring (bicyclic) bond motifs is 6. The standard InChI is InChI=1S/C49H31N3/c1-4-16-35(17-5-1)44-45(36-18-6-2-7-19-36)51-47(46(50-44)37-20-8-3-9-21-37)38-26-24-34(25-27-38)43-41-30-28-32-14-10-12-22-39(32)48(41)52-49-40-23-13-11-15-33(40)29-31-42(43)49/h1-31H. The quantitative estimate of drug-likeness (QED) is 0.136. The first-order chi connectivity index (χ1) is 25.8. The van der Waals surface area contributed by atoms with Gasteiger partial charge in [0.2, 0.25) is 0 Å². The monoisotopic (exact) mass is 661 g/mol. The zero-order valence-electron chi connectivity index (χ0n) is 28.2. The summed E-state index contributed by atoms with van der Waals surface area (Å²) in [6, 6.07) is 65.9. The fourth-order valence-electron chi connectivity index (χ4n) is 7.55. The van der Waals surface area contributed by atoms with Crippen LogP contribution in [0.1, 0.15) is 0 Å². The van der Waals surface area contributed by atoms with Gasteiger partial charge in [-0.2, -0.15) is 0 Å². The van der Waals surface area contributed by atoms with Gasteiger partial charge in [0.15, 0.2) is 0 Å². The van der Waals surface area contributed by atoms with Crippen LogP contribution in [0.25, 0.3) is 99.5 Å². The molecule has 52 heavy (non-hydrogen) atoms. The van der Waals surface area contributed by atoms with E-state index in [0.29, 0.717) is 0 Å². The van der Waals surface area contributed by atoms with Crippen molar-refractivity contribution in [2.45, 2.75) is 0 Å². The molecular weight excluding hydrogens is 631 g/mol. The molecule has 0 aliphatic carbocycles. The van der Waals surface area contributed by atoms with Gasteiger partial charge in [-0.1, -0.05) is 188 Å². The second kappa shape index (κ2) is 12.4. The van der Waals surface area contributed by atoms with Crippen LogP contribution in [-0.2, 0) is 0 Å². The summed E-state index contributed by atoms with van der Waals surface area (Å²) in [5, 5.41) is 6.95. The van der Waals surface area contributed by atoms with Crippen molar-refractivity contribution >= 4 is 43.4 Å². The first kappa shape index (κ1) is 29.9. The van der Waals surface area contributed by atoms with E-state index in [0.717, 1.165) is 83.2 Å². The molecule has 8 aromatic carbocycles. The van der Waals surface area contributed by atoms with Crippen LogP contribution >= 0.6 is 0 Å². The number of aromatic nitrogens is 3. The van der Waals surface area contributed by atoms with E-state index < -0.39 is 0 Å². The molecule has 0 saturated heterocycles. The lowest BCUT2D eigenvalue weighted by molar-refractivity contribution is 1.21. The lowest BCUT2D eigenvalue weighted by Crippen LogP contribution is -2.00. The predicted molar refractivity (Wildman–Crippen MR) is 217 cm³/mol. The molecule has 0 bridgehead atoms. The van der Waals surface area contributed by atoms with Gasteiger partial charge < -0.3 is 0 Å². The summed E-state index contributed by atoms with van der Waals surface area (Å²) in [4.78, 5) is 16.3. The van der Waals surface area contributed by atoms with Crippen LogP contribution in [0.15, 0.2) is 188 Å². The molecule has 2 heterocycles. The molecule has 0 aliphatic rings. The van der Waals surface area contributed by atoms with E-state index in [2.05, 4.69) is 170 Å². The number of benzene rings is 8. The van der Waals surface area contributed by atoms with Crippen LogP contribution < -0.4 is 0 Å². The van der Waals surface area contributed by atoms with Crippen LogP contribution in [0, 0.1) is 0 Å². The fourth-order valence-corrected chi connectivity index (χ4v) is 7.55. The van der Waals surface area contributed by atoms with E-state index >= 15 is 0 Å². The van der Waals surface area contributed by atoms with Crippen molar-refractivity contribution in [1.82, 2.24) is 15.0 Å². The van der Waals surface area contributed by atoms with Crippen LogP contribution in [0.5, 0.6) is 0 Å². The topological polar surface area (TPSA) is 38.7 Å². The first-order valence-electron chi connectivity index (χ1n) is 17.6. The van der Waals surface area contributed by atoms with Crippen molar-refractivity contribution in [2.24, 2.45) is 0 Å². The van der Waals surface area contributed by atoms with Crippen LogP contribution in [0.2, 0.25) is 0 Å². The van der Waals surface area contributed by atoms with Gasteiger partial charge in [-0.15, -0.1) is 0 Å². The SMILES string of the molecule is c1ccc(-c2nc(-c3ccccc3)c(-c3ccc(-c4c5ccc6ccccc6c5nc5c4ccc4ccccc45)cc3)nc2-c2ccccc2)cc1. The molecule has 242 valence electrons. The Balaban J connectivity index is 1.22. The molecule has 0 spiro atoms. The third-order valence-corrected chi connectivity index (χ3v) is 10.0. The van der Waals surface area contributed by atoms with Crippen molar-refractivity contribution in [3.8, 4) is 56.2 Å². The Morgan fingerprint density at radius 1 is 0.231 bits per heavy atom. The van der Waals surface area contributed by atoms with E-state index in [4.69, 9.17) is 15.0 Å². The molecule has 0 fully saturated rings. The first-order valence-corrected chi connectivity index (χ1v) is 17.6. The second-order valence-electron chi connectivity index (χ2n) is 13.1. The molecule has 3 heteroatoms. The average Bonchev–Trinajstić information content (AvgIpc) is 3.23. The minimum atomic E-state index is 0.845. The summed E-state index contributed by atoms with van der Waals surface area (Å²) >= 11 is 0. The molecule has 0 amide bonds. The van der Waals surface area contributed by atoms with Gasteiger partial charge in [0, 0.05) is 49.4 Å². The lowest BCUT2D eigenvalue weighted by Gasteiger charge is -2.17. The molecule has 0 aliphatic heterocycles. The summed E-state index contributed by atoms with van der Waals surface area (Å²) in [5.41, 5.74) is 11.8. The third-order valence-electron chi connectivity index (χ3n) is 10.0. The number of nitrogens with zero attached hydrogens (tertiary/aromatic N) is 3. The van der Waals surface area contributed by atoms with E-state index in [9.17, 15) is 0 Å². The van der Waals surface area contributed by atoms with Gasteiger partial charge in [-0.3, -0.25) is 0 Å². The van der Waals surface area contributed by atoms with Crippen molar-refractivity contribution < 1.29 is 0 Å². The highest BCUT2D eigenvalue weighted by atomic mass is 14.9. The van der Waals surface area contributed by atoms with Crippen molar-refractivity contribution in [1.29, 1.82) is 0 Å². The molecule has 0 unspecified atom stereocenters. The van der Waals surface area contributed by atoms with E-state index in [1.165, 1.54) is 16.3 Å². The predicted octanol–water partition coefficient (Wildman–Crippen LogP) is 12.8. The minimum Gasteiger partial charge on any atom is -0.246 e. The highest BCUT2D eigenvalue weighted by Crippen LogP contribution is 2.42. The molecule has 0 atom stereocenters. The average molecular weight is 662 g/mol. The molecule has 0 saturated carbocycles. The van der Waals surface area contributed by atoms with Gasteiger partial charge in [0.1, 0.15) is 0 Å². The Bertz CT molecular complexity index is 2830. The third kappa shape index (κ3) is 5.02. The zero-order chi connectivity index (χ0) is 34.4. The number of hydrogen-bond donors (Lipinski definition) is 0. The van der Waals surface area contributed by atoms with Gasteiger partial charge >= 0.3 is 0 Å². The van der Waals surface area contributed by atoms with E-state index in [1.54, 1.807) is 0 Å². The van der Waals surface area contributed by atoms with Gasteiger partial charge in [-0.05, 0) is 16.3 Å². The van der Waals surface area contributed by atoms with Gasteiger partial charge in [0.05, 0.1) is 33.8 Å². The van der Waals surface area contributed by atoms with Crippen molar-refractivity contribution in [3.63, 3.8) is 0 Å². The molecule has 0 radical (unpaired) electrons. The molecular formula is C49H31N3. The van der Waals surface area contributed by atoms with Gasteiger partial charge in [-0.25, -0.2) is 15.0 Å². The largest absolute Gasteiger partial charge is 0.246 e. The zero-order valence-corrected chi connectivity index (χ0v) is 28.2. The maximum atomic E-state index is 5.46. The lowest BCUT2D eigenvalue weighted by atomic mass is 9.91. The molecule has 10 rings (SSSR count). The Labute approximate surface area is 301 Å². The smallest absolute Gasteiger partial charge is 0.0973 e. The van der Waals surface area contributed by atoms with Crippen LogP contribution in [0.3, 0.4) is 0 Å². The Morgan fingerprint density at radius 3 is 1.00 bits per heavy atom. The Hall–Kier alpha value is -6.97. The normalized spacial score (nSPS) is 11.5. The van der Waals surface area contributed by atoms with Crippen LogP contribution in [0.4, 0.5) is 0 Å². The number of pyridine rings is 1. The molecule has 2 aromatic heterocycles. The van der Waals surface area contributed by atoms with Crippen molar-refractivity contribution in [3.05, 3.63) is 188 Å². The number of rotatable bonds is 5. The molecule has 3 nitrogen and oxygen atoms in total. The Kier molecular flexibility index (Phi) is 7.14. The summed E-state index contributed by atoms with van der Waals surface area (Å²) in [5.74, 6) is 0. The highest BCUT2D eigenvalue weighted by Gasteiger charge is 2.20. The second-order valence-corrected chi connectivity index (χ2v) is 13.1. The van der Waals surface area contributed by atoms with Crippen molar-refractivity contribution in [2.75, 3.05) is 0 Å². The fraction of sp³-hybridized carbons (Fsp3) is 0. The highest BCUT2D eigenvalue weighted by molar-refractivity contribution is 6.21. The molecule has 10 aromatic rings. The summed E-state index contributed by atoms with van der Waals surface area (Å²) < 4.78 is 0. The minimum absolute atomic E-state index is 0.845. The van der Waals surface area contributed by atoms with Gasteiger partial charge in [0.25, 0.3) is 0 Å². The summed E-state index contributed by atoms with van der Waals surface area (Å²) in [6.07, 6.45) is 0. The Morgan fingerprint density at radius 2 is 0.577 bits per heavy atom. The van der Waals surface area contributed by atoms with Crippen LogP contribution in [-0.4, -0.2) is 15.0 Å². The maximum absolute atomic E-state index is 5.46. The van der Waals surface area contributed by atoms with E-state index in [-0.39, 0.29) is 0 Å².